The van der Waals surface area contributed by atoms with Gasteiger partial charge in [-0.1, -0.05) is 18.2 Å². The maximum Gasteiger partial charge on any atom is 0.277 e. The summed E-state index contributed by atoms with van der Waals surface area (Å²) in [6.07, 6.45) is 0. The van der Waals surface area contributed by atoms with Gasteiger partial charge in [0.15, 0.2) is 5.70 Å². The average molecular weight is 233 g/mol. The summed E-state index contributed by atoms with van der Waals surface area (Å²) in [7, 11) is 3.17. The molecule has 0 fully saturated rings. The normalized spacial score (nSPS) is 12.4. The minimum absolute atomic E-state index is 0.0566. The van der Waals surface area contributed by atoms with Crippen molar-refractivity contribution in [3.05, 3.63) is 41.8 Å². The lowest BCUT2D eigenvalue weighted by molar-refractivity contribution is -0.125. The molecular formula is C12H15N3O2. The number of amides is 1. The minimum atomic E-state index is -0.385. The van der Waals surface area contributed by atoms with Gasteiger partial charge in [0.25, 0.3) is 5.91 Å². The Morgan fingerprint density at radius 1 is 1.24 bits per heavy atom. The number of nitrogens with zero attached hydrogens (tertiary/aromatic N) is 3. The Morgan fingerprint density at radius 2 is 1.82 bits per heavy atom. The molecule has 5 heteroatoms. The molecule has 0 atom stereocenters. The molecule has 1 aromatic rings. The summed E-state index contributed by atoms with van der Waals surface area (Å²) in [4.78, 5) is 13.0. The van der Waals surface area contributed by atoms with Crippen molar-refractivity contribution in [1.82, 2.24) is 4.90 Å². The van der Waals surface area contributed by atoms with Crippen molar-refractivity contribution >= 4 is 11.6 Å². The summed E-state index contributed by atoms with van der Waals surface area (Å²) in [6, 6.07) is 9.01. The van der Waals surface area contributed by atoms with Crippen molar-refractivity contribution < 1.29 is 9.90 Å². The summed E-state index contributed by atoms with van der Waals surface area (Å²) >= 11 is 0. The van der Waals surface area contributed by atoms with Crippen LogP contribution in [-0.2, 0) is 4.79 Å². The molecule has 1 aromatic carbocycles. The summed E-state index contributed by atoms with van der Waals surface area (Å²) in [6.45, 7) is 1.40. The van der Waals surface area contributed by atoms with E-state index in [0.717, 1.165) is 0 Å². The van der Waals surface area contributed by atoms with E-state index < -0.39 is 0 Å². The average Bonchev–Trinajstić information content (AvgIpc) is 2.29. The molecule has 0 aliphatic carbocycles. The van der Waals surface area contributed by atoms with Crippen LogP contribution in [0.2, 0.25) is 0 Å². The summed E-state index contributed by atoms with van der Waals surface area (Å²) in [5.41, 5.74) is 0.566. The highest BCUT2D eigenvalue weighted by molar-refractivity contribution is 5.92. The van der Waals surface area contributed by atoms with Gasteiger partial charge < -0.3 is 10.0 Å². The SMILES string of the molecule is CC(O)=C(N=Nc1ccccc1)C(=O)N(C)C. The largest absolute Gasteiger partial charge is 0.510 e. The van der Waals surface area contributed by atoms with Crippen LogP contribution >= 0.6 is 0 Å². The smallest absolute Gasteiger partial charge is 0.277 e. The molecule has 0 saturated carbocycles. The van der Waals surface area contributed by atoms with Crippen molar-refractivity contribution in [3.63, 3.8) is 0 Å². The third-order valence-corrected chi connectivity index (χ3v) is 1.97. The fourth-order valence-corrected chi connectivity index (χ4v) is 1.08. The van der Waals surface area contributed by atoms with E-state index in [9.17, 15) is 9.90 Å². The molecule has 5 nitrogen and oxygen atoms in total. The molecule has 0 heterocycles. The Balaban J connectivity index is 2.94. The van der Waals surface area contributed by atoms with Crippen LogP contribution in [-0.4, -0.2) is 30.0 Å². The van der Waals surface area contributed by atoms with E-state index >= 15 is 0 Å². The van der Waals surface area contributed by atoms with Crippen LogP contribution in [0.25, 0.3) is 0 Å². The number of carbonyl (C=O) groups excluding carboxylic acids is 1. The van der Waals surface area contributed by atoms with Crippen LogP contribution in [0.3, 0.4) is 0 Å². The predicted octanol–water partition coefficient (Wildman–Crippen LogP) is 2.65. The predicted molar refractivity (Wildman–Crippen MR) is 65.0 cm³/mol. The zero-order chi connectivity index (χ0) is 12.8. The highest BCUT2D eigenvalue weighted by atomic mass is 16.3. The summed E-state index contributed by atoms with van der Waals surface area (Å²) in [5.74, 6) is -0.534. The lowest BCUT2D eigenvalue weighted by atomic mass is 10.3. The summed E-state index contributed by atoms with van der Waals surface area (Å²) in [5, 5.41) is 17.1. The van der Waals surface area contributed by atoms with Gasteiger partial charge in [0.1, 0.15) is 5.76 Å². The molecular weight excluding hydrogens is 218 g/mol. The highest BCUT2D eigenvalue weighted by Crippen LogP contribution is 2.14. The Labute approximate surface area is 100 Å². The van der Waals surface area contributed by atoms with Gasteiger partial charge in [0.05, 0.1) is 5.69 Å². The maximum atomic E-state index is 11.7. The van der Waals surface area contributed by atoms with Gasteiger partial charge in [-0.05, 0) is 19.1 Å². The van der Waals surface area contributed by atoms with Crippen molar-refractivity contribution in [2.45, 2.75) is 6.92 Å². The van der Waals surface area contributed by atoms with Crippen molar-refractivity contribution in [2.75, 3.05) is 14.1 Å². The Hall–Kier alpha value is -2.17. The first kappa shape index (κ1) is 12.9. The zero-order valence-corrected chi connectivity index (χ0v) is 10.1. The van der Waals surface area contributed by atoms with Crippen LogP contribution in [0.5, 0.6) is 0 Å². The molecule has 90 valence electrons. The number of aliphatic hydroxyl groups is 1. The molecule has 17 heavy (non-hydrogen) atoms. The third-order valence-electron chi connectivity index (χ3n) is 1.97. The van der Waals surface area contributed by atoms with Gasteiger partial charge in [-0.3, -0.25) is 4.79 Å². The first-order valence-electron chi connectivity index (χ1n) is 5.10. The van der Waals surface area contributed by atoms with Gasteiger partial charge in [-0.25, -0.2) is 0 Å². The van der Waals surface area contributed by atoms with Crippen molar-refractivity contribution in [2.24, 2.45) is 10.2 Å². The summed E-state index contributed by atoms with van der Waals surface area (Å²) < 4.78 is 0. The molecule has 0 bridgehead atoms. The van der Waals surface area contributed by atoms with Crippen LogP contribution in [0, 0.1) is 0 Å². The number of hydrogen-bond donors (Lipinski definition) is 1. The van der Waals surface area contributed by atoms with E-state index in [1.807, 2.05) is 18.2 Å². The van der Waals surface area contributed by atoms with Gasteiger partial charge >= 0.3 is 0 Å². The second kappa shape index (κ2) is 5.79. The van der Waals surface area contributed by atoms with E-state index in [2.05, 4.69) is 10.2 Å². The quantitative estimate of drug-likeness (QED) is 0.495. The van der Waals surface area contributed by atoms with Gasteiger partial charge in [0, 0.05) is 14.1 Å². The first-order chi connectivity index (χ1) is 8.02. The molecule has 0 radical (unpaired) electrons. The van der Waals surface area contributed by atoms with E-state index in [0.29, 0.717) is 5.69 Å². The minimum Gasteiger partial charge on any atom is -0.510 e. The van der Waals surface area contributed by atoms with Crippen LogP contribution < -0.4 is 0 Å². The number of benzene rings is 1. The maximum absolute atomic E-state index is 11.7. The van der Waals surface area contributed by atoms with Crippen LogP contribution in [0.4, 0.5) is 5.69 Å². The molecule has 1 rings (SSSR count). The first-order valence-corrected chi connectivity index (χ1v) is 5.10. The third kappa shape index (κ3) is 3.71. The number of rotatable bonds is 3. The van der Waals surface area contributed by atoms with E-state index in [1.165, 1.54) is 11.8 Å². The molecule has 0 spiro atoms. The van der Waals surface area contributed by atoms with Crippen molar-refractivity contribution in [1.29, 1.82) is 0 Å². The molecule has 0 aromatic heterocycles. The standard InChI is InChI=1S/C12H15N3O2/c1-9(16)11(12(17)15(2)3)14-13-10-7-5-4-6-8-10/h4-8,16H,1-3H3. The highest BCUT2D eigenvalue weighted by Gasteiger charge is 2.14. The van der Waals surface area contributed by atoms with Gasteiger partial charge in [-0.15, -0.1) is 5.11 Å². The molecule has 0 aliphatic heterocycles. The number of likely N-dealkylation sites (N-methyl/N-ethyl adjacent to an activating group) is 1. The molecule has 0 saturated heterocycles. The van der Waals surface area contributed by atoms with E-state index in [4.69, 9.17) is 0 Å². The zero-order valence-electron chi connectivity index (χ0n) is 10.1. The van der Waals surface area contributed by atoms with E-state index in [-0.39, 0.29) is 17.4 Å². The topological polar surface area (TPSA) is 65.3 Å². The van der Waals surface area contributed by atoms with Gasteiger partial charge in [0.2, 0.25) is 0 Å². The number of hydrogen-bond acceptors (Lipinski definition) is 4. The molecule has 0 unspecified atom stereocenters. The Bertz CT molecular complexity index is 446. The van der Waals surface area contributed by atoms with Gasteiger partial charge in [-0.2, -0.15) is 5.11 Å². The van der Waals surface area contributed by atoms with Crippen LogP contribution in [0.1, 0.15) is 6.92 Å². The monoisotopic (exact) mass is 233 g/mol. The number of allylic oxidation sites excluding steroid dienone is 1. The fourth-order valence-electron chi connectivity index (χ4n) is 1.08. The number of carbonyl (C=O) groups is 1. The van der Waals surface area contributed by atoms with Crippen LogP contribution in [0.15, 0.2) is 52.0 Å². The lowest BCUT2D eigenvalue weighted by Crippen LogP contribution is -2.23. The fraction of sp³-hybridized carbons (Fsp3) is 0.250. The van der Waals surface area contributed by atoms with Crippen molar-refractivity contribution in [3.8, 4) is 0 Å². The second-order valence-electron chi connectivity index (χ2n) is 3.67. The number of azo groups is 1. The molecule has 0 aliphatic rings. The Kier molecular flexibility index (Phi) is 4.39. The number of aliphatic hydroxyl groups excluding tert-OH is 1. The molecule has 1 N–H and O–H groups in total. The lowest BCUT2D eigenvalue weighted by Gasteiger charge is -2.09. The van der Waals surface area contributed by atoms with E-state index in [1.54, 1.807) is 26.2 Å². The molecule has 1 amide bonds. The Morgan fingerprint density at radius 3 is 2.29 bits per heavy atom. The second-order valence-corrected chi connectivity index (χ2v) is 3.67.